The molecule has 0 amide bonds. The monoisotopic (exact) mass is 436 g/mol. The minimum Gasteiger partial charge on any atom is -0.497 e. The number of aryl methyl sites for hydroxylation is 1. The van der Waals surface area contributed by atoms with Crippen molar-refractivity contribution in [1.29, 1.82) is 0 Å². The molecule has 1 heterocycles. The van der Waals surface area contributed by atoms with Crippen molar-refractivity contribution in [3.8, 4) is 11.5 Å². The van der Waals surface area contributed by atoms with E-state index in [9.17, 15) is 8.42 Å². The van der Waals surface area contributed by atoms with Crippen molar-refractivity contribution in [2.75, 3.05) is 14.2 Å². The van der Waals surface area contributed by atoms with Crippen molar-refractivity contribution < 1.29 is 17.9 Å². The lowest BCUT2D eigenvalue weighted by Gasteiger charge is -2.25. The number of hydrazone groups is 1. The number of nitrogens with zero attached hydrogens (tertiary/aromatic N) is 2. The second-order valence-electron chi connectivity index (χ2n) is 7.33. The molecule has 0 saturated carbocycles. The maximum atomic E-state index is 13.6. The molecule has 0 radical (unpaired) electrons. The van der Waals surface area contributed by atoms with Gasteiger partial charge in [0.15, 0.2) is 0 Å². The second-order valence-corrected chi connectivity index (χ2v) is 9.13. The molecule has 0 spiro atoms. The zero-order valence-electron chi connectivity index (χ0n) is 17.6. The molecule has 4 rings (SSSR count). The normalized spacial score (nSPS) is 16.2. The van der Waals surface area contributed by atoms with E-state index in [1.807, 2.05) is 37.3 Å². The summed E-state index contributed by atoms with van der Waals surface area (Å²) in [5.41, 5.74) is 3.42. The third-order valence-electron chi connectivity index (χ3n) is 5.34. The van der Waals surface area contributed by atoms with Crippen LogP contribution in [0.2, 0.25) is 0 Å². The van der Waals surface area contributed by atoms with Gasteiger partial charge in [-0.3, -0.25) is 0 Å². The summed E-state index contributed by atoms with van der Waals surface area (Å²) in [6.45, 7) is 2.01. The second kappa shape index (κ2) is 8.43. The Morgan fingerprint density at radius 3 is 2.29 bits per heavy atom. The number of hydrogen-bond acceptors (Lipinski definition) is 5. The Hall–Kier alpha value is -3.32. The fourth-order valence-electron chi connectivity index (χ4n) is 3.66. The molecule has 3 aromatic carbocycles. The molecule has 0 aromatic heterocycles. The van der Waals surface area contributed by atoms with Crippen LogP contribution in [0.1, 0.15) is 29.2 Å². The summed E-state index contributed by atoms with van der Waals surface area (Å²) in [6, 6.07) is 21.1. The first-order valence-electron chi connectivity index (χ1n) is 9.90. The third-order valence-corrected chi connectivity index (χ3v) is 7.04. The average Bonchev–Trinajstić information content (AvgIpc) is 3.26. The van der Waals surface area contributed by atoms with E-state index in [1.165, 1.54) is 4.41 Å². The van der Waals surface area contributed by atoms with Crippen LogP contribution in [0.15, 0.2) is 82.8 Å². The minimum atomic E-state index is -3.88. The molecule has 0 fully saturated rings. The van der Waals surface area contributed by atoms with Gasteiger partial charge in [0.1, 0.15) is 11.5 Å². The fraction of sp³-hybridized carbons (Fsp3) is 0.208. The highest BCUT2D eigenvalue weighted by Gasteiger charge is 2.39. The molecular formula is C24H24N2O4S. The van der Waals surface area contributed by atoms with E-state index >= 15 is 0 Å². The van der Waals surface area contributed by atoms with Gasteiger partial charge >= 0.3 is 0 Å². The Balaban J connectivity index is 1.85. The quantitative estimate of drug-likeness (QED) is 0.568. The van der Waals surface area contributed by atoms with Crippen LogP contribution in [-0.4, -0.2) is 32.8 Å². The van der Waals surface area contributed by atoms with Crippen molar-refractivity contribution in [3.05, 3.63) is 89.5 Å². The first-order valence-corrected chi connectivity index (χ1v) is 11.3. The largest absolute Gasteiger partial charge is 0.497 e. The molecule has 0 unspecified atom stereocenters. The number of ether oxygens (including phenoxy) is 2. The highest BCUT2D eigenvalue weighted by Crippen LogP contribution is 2.42. The maximum absolute atomic E-state index is 13.6. The van der Waals surface area contributed by atoms with Gasteiger partial charge in [-0.2, -0.15) is 17.9 Å². The third kappa shape index (κ3) is 4.01. The van der Waals surface area contributed by atoms with Gasteiger partial charge in [-0.15, -0.1) is 0 Å². The van der Waals surface area contributed by atoms with Crippen LogP contribution >= 0.6 is 0 Å². The lowest BCUT2D eigenvalue weighted by Crippen LogP contribution is -2.27. The predicted octanol–water partition coefficient (Wildman–Crippen LogP) is 4.55. The van der Waals surface area contributed by atoms with E-state index in [2.05, 4.69) is 5.10 Å². The van der Waals surface area contributed by atoms with Gasteiger partial charge in [0.25, 0.3) is 10.0 Å². The van der Waals surface area contributed by atoms with Gasteiger partial charge in [-0.25, -0.2) is 0 Å². The Labute approximate surface area is 182 Å². The number of sulfonamides is 1. The maximum Gasteiger partial charge on any atom is 0.279 e. The van der Waals surface area contributed by atoms with Gasteiger partial charge in [0.05, 0.1) is 30.9 Å². The first-order chi connectivity index (χ1) is 14.9. The first kappa shape index (κ1) is 20.9. The molecule has 7 heteroatoms. The SMILES string of the molecule is COc1ccc(OC)c([C@@H]2CC(c3ccc(C)cc3)=NN2S(=O)(=O)c2ccccc2)c1. The lowest BCUT2D eigenvalue weighted by molar-refractivity contribution is 0.346. The van der Waals surface area contributed by atoms with E-state index in [0.29, 0.717) is 29.2 Å². The molecule has 3 aromatic rings. The summed E-state index contributed by atoms with van der Waals surface area (Å²) in [4.78, 5) is 0.191. The molecular weight excluding hydrogens is 412 g/mol. The van der Waals surface area contributed by atoms with Crippen molar-refractivity contribution in [1.82, 2.24) is 4.41 Å². The zero-order valence-corrected chi connectivity index (χ0v) is 18.5. The van der Waals surface area contributed by atoms with Crippen molar-refractivity contribution in [3.63, 3.8) is 0 Å². The molecule has 1 atom stereocenters. The summed E-state index contributed by atoms with van der Waals surface area (Å²) in [5, 5.41) is 4.59. The van der Waals surface area contributed by atoms with Gasteiger partial charge in [0, 0.05) is 12.0 Å². The van der Waals surface area contributed by atoms with Gasteiger partial charge in [-0.1, -0.05) is 48.0 Å². The van der Waals surface area contributed by atoms with Gasteiger partial charge in [-0.05, 0) is 42.8 Å². The summed E-state index contributed by atoms with van der Waals surface area (Å²) in [5.74, 6) is 1.20. The zero-order chi connectivity index (χ0) is 22.0. The van der Waals surface area contributed by atoms with E-state index in [4.69, 9.17) is 9.47 Å². The highest BCUT2D eigenvalue weighted by molar-refractivity contribution is 7.89. The Bertz CT molecular complexity index is 1210. The van der Waals surface area contributed by atoms with Crippen LogP contribution in [0.25, 0.3) is 0 Å². The summed E-state index contributed by atoms with van der Waals surface area (Å²) in [7, 11) is -0.736. The Kier molecular flexibility index (Phi) is 5.69. The molecule has 0 aliphatic carbocycles. The molecule has 0 bridgehead atoms. The molecule has 6 nitrogen and oxygen atoms in total. The molecule has 0 saturated heterocycles. The van der Waals surface area contributed by atoms with E-state index in [1.54, 1.807) is 56.7 Å². The summed E-state index contributed by atoms with van der Waals surface area (Å²) < 4.78 is 39.2. The van der Waals surface area contributed by atoms with Crippen LogP contribution < -0.4 is 9.47 Å². The topological polar surface area (TPSA) is 68.2 Å². The van der Waals surface area contributed by atoms with Crippen LogP contribution in [0.3, 0.4) is 0 Å². The van der Waals surface area contributed by atoms with Gasteiger partial charge < -0.3 is 9.47 Å². The number of rotatable bonds is 6. The van der Waals surface area contributed by atoms with Crippen LogP contribution in [0, 0.1) is 6.92 Å². The molecule has 160 valence electrons. The average molecular weight is 437 g/mol. The highest BCUT2D eigenvalue weighted by atomic mass is 32.2. The smallest absolute Gasteiger partial charge is 0.279 e. The van der Waals surface area contributed by atoms with Crippen molar-refractivity contribution in [2.24, 2.45) is 5.10 Å². The van der Waals surface area contributed by atoms with Crippen molar-refractivity contribution >= 4 is 15.7 Å². The Morgan fingerprint density at radius 1 is 0.935 bits per heavy atom. The molecule has 1 aliphatic rings. The van der Waals surface area contributed by atoms with Crippen LogP contribution in [0.4, 0.5) is 0 Å². The molecule has 0 N–H and O–H groups in total. The number of benzene rings is 3. The van der Waals surface area contributed by atoms with E-state index < -0.39 is 16.1 Å². The lowest BCUT2D eigenvalue weighted by atomic mass is 9.97. The fourth-order valence-corrected chi connectivity index (χ4v) is 5.11. The van der Waals surface area contributed by atoms with E-state index in [-0.39, 0.29) is 4.90 Å². The van der Waals surface area contributed by atoms with Crippen LogP contribution in [0.5, 0.6) is 11.5 Å². The van der Waals surface area contributed by atoms with Crippen LogP contribution in [-0.2, 0) is 10.0 Å². The number of methoxy groups -OCH3 is 2. The van der Waals surface area contributed by atoms with E-state index in [0.717, 1.165) is 11.1 Å². The summed E-state index contributed by atoms with van der Waals surface area (Å²) >= 11 is 0. The predicted molar refractivity (Wildman–Crippen MR) is 120 cm³/mol. The molecule has 1 aliphatic heterocycles. The molecule has 31 heavy (non-hydrogen) atoms. The van der Waals surface area contributed by atoms with Crippen molar-refractivity contribution in [2.45, 2.75) is 24.3 Å². The number of hydrogen-bond donors (Lipinski definition) is 0. The standard InChI is InChI=1S/C24H24N2O4S/c1-17-9-11-18(12-10-17)22-16-23(21-15-19(29-2)13-14-24(21)30-3)26(25-22)31(27,28)20-7-5-4-6-8-20/h4-15,23H,16H2,1-3H3/t23-/m0/s1. The summed E-state index contributed by atoms with van der Waals surface area (Å²) in [6.07, 6.45) is 0.415. The van der Waals surface area contributed by atoms with Gasteiger partial charge in [0.2, 0.25) is 0 Å². The minimum absolute atomic E-state index is 0.191. The Morgan fingerprint density at radius 2 is 1.65 bits per heavy atom.